The van der Waals surface area contributed by atoms with Crippen LogP contribution in [0.15, 0.2) is 46.8 Å². The highest BCUT2D eigenvalue weighted by atomic mass is 32.2. The van der Waals surface area contributed by atoms with E-state index in [0.29, 0.717) is 28.7 Å². The molecule has 0 saturated heterocycles. The van der Waals surface area contributed by atoms with E-state index in [4.69, 9.17) is 5.73 Å². The largest absolute Gasteiger partial charge is 0.383 e. The summed E-state index contributed by atoms with van der Waals surface area (Å²) in [7, 11) is -1.93. The number of carbonyl (C=O) groups excluding carboxylic acids is 1. The van der Waals surface area contributed by atoms with Crippen LogP contribution in [-0.4, -0.2) is 43.8 Å². The number of rotatable bonds is 5. The predicted molar refractivity (Wildman–Crippen MR) is 119 cm³/mol. The molecule has 0 radical (unpaired) electrons. The third-order valence-corrected chi connectivity index (χ3v) is 8.77. The van der Waals surface area contributed by atoms with Gasteiger partial charge in [-0.2, -0.15) is 0 Å². The van der Waals surface area contributed by atoms with Gasteiger partial charge in [-0.3, -0.25) is 4.79 Å². The Balaban J connectivity index is 1.73. The maximum atomic E-state index is 12.6. The van der Waals surface area contributed by atoms with Crippen molar-refractivity contribution in [1.82, 2.24) is 14.6 Å². The summed E-state index contributed by atoms with van der Waals surface area (Å²) in [5, 5.41) is 2.84. The number of pyridine rings is 1. The van der Waals surface area contributed by atoms with Gasteiger partial charge in [-0.1, -0.05) is 19.1 Å². The third kappa shape index (κ3) is 3.60. The van der Waals surface area contributed by atoms with Crippen molar-refractivity contribution in [3.8, 4) is 21.6 Å². The van der Waals surface area contributed by atoms with Crippen molar-refractivity contribution < 1.29 is 13.2 Å². The highest BCUT2D eigenvalue weighted by molar-refractivity contribution is 7.91. The number of hydrogen-bond acceptors (Lipinski definition) is 6. The Bertz CT molecular complexity index is 1230. The Morgan fingerprint density at radius 3 is 2.73 bits per heavy atom. The minimum Gasteiger partial charge on any atom is -0.383 e. The number of benzene rings is 1. The lowest BCUT2D eigenvalue weighted by Gasteiger charge is -2.17. The van der Waals surface area contributed by atoms with E-state index in [2.05, 4.69) is 10.3 Å². The van der Waals surface area contributed by atoms with Crippen LogP contribution in [0.1, 0.15) is 22.8 Å². The number of carbonyl (C=O) groups is 1. The van der Waals surface area contributed by atoms with E-state index in [-0.39, 0.29) is 5.91 Å². The maximum absolute atomic E-state index is 12.6. The number of sulfonamides is 1. The van der Waals surface area contributed by atoms with Crippen LogP contribution in [0.2, 0.25) is 0 Å². The van der Waals surface area contributed by atoms with E-state index in [1.54, 1.807) is 32.3 Å². The first-order valence-electron chi connectivity index (χ1n) is 9.55. The Labute approximate surface area is 179 Å². The molecule has 0 unspecified atom stereocenters. The summed E-state index contributed by atoms with van der Waals surface area (Å²) in [6.45, 7) is 2.81. The summed E-state index contributed by atoms with van der Waals surface area (Å²) < 4.78 is 26.8. The molecule has 1 aliphatic heterocycles. The number of hydrogen-bond donors (Lipinski definition) is 2. The molecule has 1 aromatic carbocycles. The van der Waals surface area contributed by atoms with Crippen LogP contribution in [0.5, 0.6) is 0 Å². The third-order valence-electron chi connectivity index (χ3n) is 5.24. The van der Waals surface area contributed by atoms with Crippen LogP contribution in [0.3, 0.4) is 0 Å². The van der Waals surface area contributed by atoms with Gasteiger partial charge in [-0.05, 0) is 41.8 Å². The molecule has 156 valence electrons. The van der Waals surface area contributed by atoms with Crippen LogP contribution in [-0.2, 0) is 16.4 Å². The van der Waals surface area contributed by atoms with Gasteiger partial charge in [0, 0.05) is 47.9 Å². The zero-order valence-corrected chi connectivity index (χ0v) is 18.3. The number of aromatic nitrogens is 1. The summed E-state index contributed by atoms with van der Waals surface area (Å²) in [5.74, 6) is 0.320. The number of nitrogens with zero attached hydrogens (tertiary/aromatic N) is 2. The summed E-state index contributed by atoms with van der Waals surface area (Å²) >= 11 is 1.21. The van der Waals surface area contributed by atoms with Crippen molar-refractivity contribution in [3.05, 3.63) is 53.7 Å². The lowest BCUT2D eigenvalue weighted by Crippen LogP contribution is -2.31. The molecule has 3 N–H and O–H groups in total. The summed E-state index contributed by atoms with van der Waals surface area (Å²) in [6, 6.07) is 11.0. The first-order valence-corrected chi connectivity index (χ1v) is 11.8. The van der Waals surface area contributed by atoms with Gasteiger partial charge in [0.05, 0.1) is 0 Å². The Morgan fingerprint density at radius 1 is 1.17 bits per heavy atom. The van der Waals surface area contributed by atoms with Crippen LogP contribution >= 0.6 is 11.3 Å². The normalized spacial score (nSPS) is 13.9. The fraction of sp³-hybridized carbons (Fsp3) is 0.238. The average Bonchev–Trinajstić information content (AvgIpc) is 3.24. The highest BCUT2D eigenvalue weighted by Crippen LogP contribution is 2.36. The first kappa shape index (κ1) is 20.5. The molecule has 0 saturated carbocycles. The van der Waals surface area contributed by atoms with Crippen molar-refractivity contribution in [3.63, 3.8) is 0 Å². The molecule has 30 heavy (non-hydrogen) atoms. The van der Waals surface area contributed by atoms with E-state index in [1.807, 2.05) is 24.3 Å². The topological polar surface area (TPSA) is 105 Å². The van der Waals surface area contributed by atoms with Gasteiger partial charge in [0.2, 0.25) is 0 Å². The number of anilines is 1. The van der Waals surface area contributed by atoms with Crippen LogP contribution in [0.4, 0.5) is 5.82 Å². The average molecular weight is 443 g/mol. The molecule has 0 atom stereocenters. The highest BCUT2D eigenvalue weighted by Gasteiger charge is 2.22. The Hall–Kier alpha value is -2.75. The molecule has 0 fully saturated rings. The van der Waals surface area contributed by atoms with Crippen LogP contribution in [0, 0.1) is 0 Å². The maximum Gasteiger partial charge on any atom is 0.252 e. The molecular formula is C21H22N4O3S2. The molecule has 1 amide bonds. The SMILES string of the molecule is CCN(C)S(=O)(=O)c1ccc(-c2cnc(N)c(-c3ccc4c(c3)CCNC4=O)c2)s1. The Kier molecular flexibility index (Phi) is 5.35. The molecule has 2 aromatic heterocycles. The molecular weight excluding hydrogens is 420 g/mol. The number of nitrogens with two attached hydrogens (primary N) is 1. The number of fused-ring (bicyclic) bond motifs is 1. The number of thiophene rings is 1. The lowest BCUT2D eigenvalue weighted by atomic mass is 9.94. The van der Waals surface area contributed by atoms with E-state index in [9.17, 15) is 13.2 Å². The second kappa shape index (κ2) is 7.82. The van der Waals surface area contributed by atoms with E-state index >= 15 is 0 Å². The van der Waals surface area contributed by atoms with Gasteiger partial charge >= 0.3 is 0 Å². The molecule has 1 aliphatic rings. The number of nitrogens with one attached hydrogen (secondary N) is 1. The molecule has 4 rings (SSSR count). The van der Waals surface area contributed by atoms with Crippen LogP contribution < -0.4 is 11.1 Å². The fourth-order valence-corrected chi connectivity index (χ4v) is 6.05. The monoisotopic (exact) mass is 442 g/mol. The molecule has 3 aromatic rings. The van der Waals surface area contributed by atoms with Gasteiger partial charge in [-0.15, -0.1) is 11.3 Å². The molecule has 0 spiro atoms. The second-order valence-corrected chi connectivity index (χ2v) is 10.4. The lowest BCUT2D eigenvalue weighted by molar-refractivity contribution is 0.0946. The fourth-order valence-electron chi connectivity index (χ4n) is 3.37. The van der Waals surface area contributed by atoms with Crippen molar-refractivity contribution >= 4 is 33.1 Å². The zero-order chi connectivity index (χ0) is 21.5. The van der Waals surface area contributed by atoms with Crippen molar-refractivity contribution in [2.75, 3.05) is 25.9 Å². The molecule has 9 heteroatoms. The van der Waals surface area contributed by atoms with Gasteiger partial charge in [0.25, 0.3) is 15.9 Å². The number of amides is 1. The van der Waals surface area contributed by atoms with E-state index in [0.717, 1.165) is 33.6 Å². The standard InChI is InChI=1S/C21H22N4O3S2/c1-3-25(2)30(27,28)19-7-6-18(29-19)15-11-17(20(22)24-12-15)13-4-5-16-14(10-13)8-9-23-21(16)26/h4-7,10-12H,3,8-9H2,1-2H3,(H2,22,24)(H,23,26). The van der Waals surface area contributed by atoms with E-state index in [1.165, 1.54) is 15.6 Å². The predicted octanol–water partition coefficient (Wildman–Crippen LogP) is 2.99. The van der Waals surface area contributed by atoms with Crippen molar-refractivity contribution in [2.24, 2.45) is 0 Å². The second-order valence-electron chi connectivity index (χ2n) is 7.07. The molecule has 3 heterocycles. The minimum atomic E-state index is -3.49. The van der Waals surface area contributed by atoms with Gasteiger partial charge in [0.1, 0.15) is 10.0 Å². The molecule has 0 aliphatic carbocycles. The Morgan fingerprint density at radius 2 is 1.97 bits per heavy atom. The first-order chi connectivity index (χ1) is 14.3. The molecule has 7 nitrogen and oxygen atoms in total. The van der Waals surface area contributed by atoms with Crippen LogP contribution in [0.25, 0.3) is 21.6 Å². The van der Waals surface area contributed by atoms with Gasteiger partial charge < -0.3 is 11.1 Å². The smallest absolute Gasteiger partial charge is 0.252 e. The minimum absolute atomic E-state index is 0.0629. The zero-order valence-electron chi connectivity index (χ0n) is 16.7. The molecule has 0 bridgehead atoms. The summed E-state index contributed by atoms with van der Waals surface area (Å²) in [5.41, 5.74) is 10.2. The summed E-state index contributed by atoms with van der Waals surface area (Å²) in [4.78, 5) is 17.1. The van der Waals surface area contributed by atoms with Crippen molar-refractivity contribution in [2.45, 2.75) is 17.6 Å². The van der Waals surface area contributed by atoms with Gasteiger partial charge in [-0.25, -0.2) is 17.7 Å². The quantitative estimate of drug-likeness (QED) is 0.632. The van der Waals surface area contributed by atoms with E-state index < -0.39 is 10.0 Å². The number of nitrogen functional groups attached to an aromatic ring is 1. The van der Waals surface area contributed by atoms with Crippen molar-refractivity contribution in [1.29, 1.82) is 0 Å². The van der Waals surface area contributed by atoms with Gasteiger partial charge in [0.15, 0.2) is 0 Å². The summed E-state index contributed by atoms with van der Waals surface area (Å²) in [6.07, 6.45) is 2.41.